The number of pyridine rings is 1. The second kappa shape index (κ2) is 9.29. The number of fused-ring (bicyclic) bond motifs is 2. The minimum atomic E-state index is 0.223. The fourth-order valence-electron chi connectivity index (χ4n) is 4.47. The topological polar surface area (TPSA) is 94.1 Å². The van der Waals surface area contributed by atoms with Gasteiger partial charge in [0.2, 0.25) is 12.7 Å². The molecule has 6 rings (SSSR count). The Morgan fingerprint density at radius 2 is 1.61 bits per heavy atom. The summed E-state index contributed by atoms with van der Waals surface area (Å²) in [5.41, 5.74) is 1.59. The molecule has 0 bridgehead atoms. The Balaban J connectivity index is 1.35. The Morgan fingerprint density at radius 1 is 0.833 bits per heavy atom. The summed E-state index contributed by atoms with van der Waals surface area (Å²) in [6.45, 7) is 3.43. The van der Waals surface area contributed by atoms with Gasteiger partial charge < -0.3 is 34.1 Å². The molecule has 2 aliphatic heterocycles. The van der Waals surface area contributed by atoms with Crippen molar-refractivity contribution in [2.24, 2.45) is 0 Å². The molecule has 1 fully saturated rings. The fourth-order valence-corrected chi connectivity index (χ4v) is 4.47. The van der Waals surface area contributed by atoms with Crippen molar-refractivity contribution in [2.45, 2.75) is 0 Å². The zero-order valence-corrected chi connectivity index (χ0v) is 20.1. The van der Waals surface area contributed by atoms with Gasteiger partial charge in [-0.1, -0.05) is 6.07 Å². The lowest BCUT2D eigenvalue weighted by atomic mass is 10.2. The van der Waals surface area contributed by atoms with Crippen molar-refractivity contribution in [1.29, 1.82) is 0 Å². The highest BCUT2D eigenvalue weighted by molar-refractivity contribution is 5.94. The molecule has 0 aliphatic carbocycles. The molecule has 0 radical (unpaired) electrons. The van der Waals surface area contributed by atoms with E-state index in [-0.39, 0.29) is 6.79 Å². The number of piperazine rings is 1. The molecule has 1 N–H and O–H groups in total. The standard InChI is InChI=1S/C26H26N6O4/c1-33-21-14-18-19(15-22(21)34-2)29-26(32-11-9-31(10-12-32)24-5-3-4-8-27-24)30-25(18)28-17-6-7-20-23(13-17)36-16-35-20/h3-8,13-15H,9-12,16H2,1-2H3,(H,28,29,30). The van der Waals surface area contributed by atoms with Crippen LogP contribution in [0.5, 0.6) is 23.0 Å². The molecular formula is C26H26N6O4. The molecule has 10 heteroatoms. The first-order valence-corrected chi connectivity index (χ1v) is 11.7. The van der Waals surface area contributed by atoms with Crippen molar-refractivity contribution < 1.29 is 18.9 Å². The van der Waals surface area contributed by atoms with E-state index in [1.165, 1.54) is 0 Å². The van der Waals surface area contributed by atoms with Gasteiger partial charge in [-0.25, -0.2) is 9.97 Å². The average Bonchev–Trinajstić information content (AvgIpc) is 3.41. The molecule has 0 saturated carbocycles. The zero-order chi connectivity index (χ0) is 24.5. The SMILES string of the molecule is COc1cc2nc(N3CCN(c4ccccn4)CC3)nc(Nc3ccc4c(c3)OCO4)c2cc1OC. The highest BCUT2D eigenvalue weighted by Gasteiger charge is 2.23. The van der Waals surface area contributed by atoms with Gasteiger partial charge in [0.05, 0.1) is 19.7 Å². The first-order valence-electron chi connectivity index (χ1n) is 11.7. The summed E-state index contributed by atoms with van der Waals surface area (Å²) in [4.78, 5) is 18.8. The van der Waals surface area contributed by atoms with Gasteiger partial charge in [0.1, 0.15) is 11.6 Å². The molecule has 2 aromatic heterocycles. The lowest BCUT2D eigenvalue weighted by Gasteiger charge is -2.35. The van der Waals surface area contributed by atoms with E-state index in [1.54, 1.807) is 14.2 Å². The number of benzene rings is 2. The Hall–Kier alpha value is -4.47. The van der Waals surface area contributed by atoms with Gasteiger partial charge in [-0.05, 0) is 30.3 Å². The third kappa shape index (κ3) is 4.10. The highest BCUT2D eigenvalue weighted by atomic mass is 16.7. The quantitative estimate of drug-likeness (QED) is 0.433. The number of anilines is 4. The van der Waals surface area contributed by atoms with Gasteiger partial charge in [-0.2, -0.15) is 4.98 Å². The summed E-state index contributed by atoms with van der Waals surface area (Å²) in [7, 11) is 3.24. The van der Waals surface area contributed by atoms with Crippen LogP contribution in [0.1, 0.15) is 0 Å². The van der Waals surface area contributed by atoms with Crippen LogP contribution in [0.3, 0.4) is 0 Å². The van der Waals surface area contributed by atoms with Crippen LogP contribution in [0, 0.1) is 0 Å². The number of nitrogens with one attached hydrogen (secondary N) is 1. The average molecular weight is 487 g/mol. The van der Waals surface area contributed by atoms with Crippen LogP contribution in [-0.4, -0.2) is 62.1 Å². The lowest BCUT2D eigenvalue weighted by Crippen LogP contribution is -2.47. The second-order valence-corrected chi connectivity index (χ2v) is 8.45. The summed E-state index contributed by atoms with van der Waals surface area (Å²) >= 11 is 0. The maximum atomic E-state index is 5.55. The van der Waals surface area contributed by atoms with E-state index in [9.17, 15) is 0 Å². The summed E-state index contributed by atoms with van der Waals surface area (Å²) in [5, 5.41) is 4.27. The second-order valence-electron chi connectivity index (χ2n) is 8.45. The van der Waals surface area contributed by atoms with Gasteiger partial charge in [-0.15, -0.1) is 0 Å². The lowest BCUT2D eigenvalue weighted by molar-refractivity contribution is 0.174. The number of nitrogens with zero attached hydrogens (tertiary/aromatic N) is 5. The molecule has 0 atom stereocenters. The molecule has 4 heterocycles. The van der Waals surface area contributed by atoms with Crippen LogP contribution in [0.2, 0.25) is 0 Å². The molecule has 10 nitrogen and oxygen atoms in total. The molecule has 0 unspecified atom stereocenters. The van der Waals surface area contributed by atoms with Crippen LogP contribution in [0.15, 0.2) is 54.7 Å². The zero-order valence-electron chi connectivity index (χ0n) is 20.1. The van der Waals surface area contributed by atoms with Gasteiger partial charge >= 0.3 is 0 Å². The van der Waals surface area contributed by atoms with Crippen molar-refractivity contribution in [3.05, 3.63) is 54.7 Å². The third-order valence-corrected chi connectivity index (χ3v) is 6.36. The molecule has 2 aromatic carbocycles. The molecule has 1 saturated heterocycles. The van der Waals surface area contributed by atoms with E-state index in [2.05, 4.69) is 20.1 Å². The maximum absolute atomic E-state index is 5.55. The largest absolute Gasteiger partial charge is 0.493 e. The smallest absolute Gasteiger partial charge is 0.231 e. The van der Waals surface area contributed by atoms with Crippen LogP contribution in [0.25, 0.3) is 10.9 Å². The van der Waals surface area contributed by atoms with Crippen molar-refractivity contribution in [2.75, 3.05) is 62.3 Å². The number of methoxy groups -OCH3 is 2. The summed E-state index contributed by atoms with van der Waals surface area (Å²) in [6.07, 6.45) is 1.82. The van der Waals surface area contributed by atoms with Gasteiger partial charge in [0.15, 0.2) is 23.0 Å². The number of aromatic nitrogens is 3. The normalized spacial score (nSPS) is 14.7. The monoisotopic (exact) mass is 486 g/mol. The molecule has 2 aliphatic rings. The predicted octanol–water partition coefficient (Wildman–Crippen LogP) is 3.84. The van der Waals surface area contributed by atoms with Gasteiger partial charge in [0.25, 0.3) is 0 Å². The molecule has 0 spiro atoms. The number of rotatable bonds is 6. The van der Waals surface area contributed by atoms with Crippen LogP contribution < -0.4 is 34.1 Å². The number of ether oxygens (including phenoxy) is 4. The van der Waals surface area contributed by atoms with Gasteiger partial charge in [0, 0.05) is 55.6 Å². The minimum Gasteiger partial charge on any atom is -0.493 e. The van der Waals surface area contributed by atoms with Crippen LogP contribution in [-0.2, 0) is 0 Å². The van der Waals surface area contributed by atoms with Crippen LogP contribution >= 0.6 is 0 Å². The molecule has 4 aromatic rings. The number of hydrogen-bond acceptors (Lipinski definition) is 10. The summed E-state index contributed by atoms with van der Waals surface area (Å²) in [5.74, 6) is 4.95. The van der Waals surface area contributed by atoms with E-state index in [4.69, 9.17) is 28.9 Å². The summed E-state index contributed by atoms with van der Waals surface area (Å²) < 4.78 is 22.1. The fraction of sp³-hybridized carbons (Fsp3) is 0.269. The van der Waals surface area contributed by atoms with E-state index in [0.29, 0.717) is 29.0 Å². The molecule has 184 valence electrons. The Kier molecular flexibility index (Phi) is 5.68. The number of hydrogen-bond donors (Lipinski definition) is 1. The van der Waals surface area contributed by atoms with Crippen molar-refractivity contribution in [3.63, 3.8) is 0 Å². The molecule has 36 heavy (non-hydrogen) atoms. The van der Waals surface area contributed by atoms with E-state index in [0.717, 1.165) is 54.3 Å². The van der Waals surface area contributed by atoms with E-state index < -0.39 is 0 Å². The predicted molar refractivity (Wildman–Crippen MR) is 137 cm³/mol. The highest BCUT2D eigenvalue weighted by Crippen LogP contribution is 2.38. The van der Waals surface area contributed by atoms with Crippen molar-refractivity contribution in [3.8, 4) is 23.0 Å². The Bertz CT molecular complexity index is 1390. The Labute approximate surface area is 208 Å². The first kappa shape index (κ1) is 22.0. The maximum Gasteiger partial charge on any atom is 0.231 e. The Morgan fingerprint density at radius 3 is 2.39 bits per heavy atom. The van der Waals surface area contributed by atoms with Gasteiger partial charge in [-0.3, -0.25) is 0 Å². The van der Waals surface area contributed by atoms with E-state index in [1.807, 2.05) is 54.7 Å². The third-order valence-electron chi connectivity index (χ3n) is 6.36. The van der Waals surface area contributed by atoms with E-state index >= 15 is 0 Å². The molecular weight excluding hydrogens is 460 g/mol. The summed E-state index contributed by atoms with van der Waals surface area (Å²) in [6, 6.07) is 15.5. The minimum absolute atomic E-state index is 0.223. The molecule has 0 amide bonds. The van der Waals surface area contributed by atoms with Crippen molar-refractivity contribution in [1.82, 2.24) is 15.0 Å². The van der Waals surface area contributed by atoms with Crippen LogP contribution in [0.4, 0.5) is 23.3 Å². The first-order chi connectivity index (χ1) is 17.7. The van der Waals surface area contributed by atoms with Crippen molar-refractivity contribution >= 4 is 34.2 Å².